The highest BCUT2D eigenvalue weighted by molar-refractivity contribution is 9.10. The SMILES string of the molecule is O=C(Nc1ccncc1Br)c1ccc(F)c(F)c1F. The Morgan fingerprint density at radius 3 is 2.58 bits per heavy atom. The highest BCUT2D eigenvalue weighted by atomic mass is 79.9. The van der Waals surface area contributed by atoms with Crippen molar-refractivity contribution in [2.24, 2.45) is 0 Å². The monoisotopic (exact) mass is 330 g/mol. The second kappa shape index (κ2) is 5.40. The first kappa shape index (κ1) is 13.5. The Morgan fingerprint density at radius 1 is 1.16 bits per heavy atom. The van der Waals surface area contributed by atoms with Crippen molar-refractivity contribution in [3.05, 3.63) is 58.1 Å². The lowest BCUT2D eigenvalue weighted by atomic mass is 10.2. The molecular weight excluding hydrogens is 325 g/mol. The van der Waals surface area contributed by atoms with Crippen LogP contribution in [-0.2, 0) is 0 Å². The third kappa shape index (κ3) is 2.76. The van der Waals surface area contributed by atoms with Crippen LogP contribution in [0.4, 0.5) is 18.9 Å². The predicted molar refractivity (Wildman–Crippen MR) is 66.2 cm³/mol. The van der Waals surface area contributed by atoms with Crippen molar-refractivity contribution in [1.82, 2.24) is 4.98 Å². The fourth-order valence-corrected chi connectivity index (χ4v) is 1.72. The van der Waals surface area contributed by atoms with Crippen LogP contribution in [0.1, 0.15) is 10.4 Å². The lowest BCUT2D eigenvalue weighted by molar-refractivity contribution is 0.102. The standard InChI is InChI=1S/C12H6BrF3N2O/c13-7-5-17-4-3-9(7)18-12(19)6-1-2-8(14)11(16)10(6)15/h1-5H,(H,17,18,19). The summed E-state index contributed by atoms with van der Waals surface area (Å²) < 4.78 is 39.7. The third-order valence-corrected chi connectivity index (χ3v) is 2.93. The molecule has 2 aromatic rings. The minimum Gasteiger partial charge on any atom is -0.321 e. The molecule has 7 heteroatoms. The molecule has 0 atom stereocenters. The molecule has 0 bridgehead atoms. The van der Waals surface area contributed by atoms with Crippen LogP contribution in [-0.4, -0.2) is 10.9 Å². The van der Waals surface area contributed by atoms with Crippen molar-refractivity contribution in [3.63, 3.8) is 0 Å². The second-order valence-corrected chi connectivity index (χ2v) is 4.39. The molecule has 3 nitrogen and oxygen atoms in total. The lowest BCUT2D eigenvalue weighted by Gasteiger charge is -2.08. The van der Waals surface area contributed by atoms with Crippen molar-refractivity contribution in [3.8, 4) is 0 Å². The summed E-state index contributed by atoms with van der Waals surface area (Å²) in [4.78, 5) is 15.6. The summed E-state index contributed by atoms with van der Waals surface area (Å²) in [5.41, 5.74) is -0.244. The first-order valence-electron chi connectivity index (χ1n) is 5.05. The number of hydrogen-bond donors (Lipinski definition) is 1. The summed E-state index contributed by atoms with van der Waals surface area (Å²) >= 11 is 3.14. The number of carbonyl (C=O) groups is 1. The van der Waals surface area contributed by atoms with Crippen molar-refractivity contribution in [1.29, 1.82) is 0 Å². The molecule has 0 fully saturated rings. The van der Waals surface area contributed by atoms with Gasteiger partial charge in [-0.25, -0.2) is 13.2 Å². The summed E-state index contributed by atoms with van der Waals surface area (Å²) in [6, 6.07) is 3.03. The number of carbonyl (C=O) groups excluding carboxylic acids is 1. The Balaban J connectivity index is 2.31. The van der Waals surface area contributed by atoms with Crippen LogP contribution < -0.4 is 5.32 Å². The number of rotatable bonds is 2. The van der Waals surface area contributed by atoms with Crippen LogP contribution in [0.15, 0.2) is 35.1 Å². The minimum atomic E-state index is -1.68. The smallest absolute Gasteiger partial charge is 0.258 e. The van der Waals surface area contributed by atoms with Crippen LogP contribution in [0.5, 0.6) is 0 Å². The Morgan fingerprint density at radius 2 is 1.89 bits per heavy atom. The van der Waals surface area contributed by atoms with Crippen molar-refractivity contribution in [2.75, 3.05) is 5.32 Å². The average molecular weight is 331 g/mol. The van der Waals surface area contributed by atoms with Crippen LogP contribution in [0.2, 0.25) is 0 Å². The molecule has 0 radical (unpaired) electrons. The van der Waals surface area contributed by atoms with Gasteiger partial charge in [0, 0.05) is 12.4 Å². The van der Waals surface area contributed by atoms with E-state index in [2.05, 4.69) is 26.2 Å². The van der Waals surface area contributed by atoms with Gasteiger partial charge >= 0.3 is 0 Å². The van der Waals surface area contributed by atoms with Gasteiger partial charge in [-0.3, -0.25) is 9.78 Å². The molecule has 0 unspecified atom stereocenters. The largest absolute Gasteiger partial charge is 0.321 e. The maximum absolute atomic E-state index is 13.4. The number of benzene rings is 1. The molecule has 0 spiro atoms. The Kier molecular flexibility index (Phi) is 3.84. The van der Waals surface area contributed by atoms with Gasteiger partial charge < -0.3 is 5.32 Å². The lowest BCUT2D eigenvalue weighted by Crippen LogP contribution is -2.15. The molecule has 0 saturated carbocycles. The number of amides is 1. The molecule has 1 heterocycles. The maximum Gasteiger partial charge on any atom is 0.258 e. The van der Waals surface area contributed by atoms with E-state index in [-0.39, 0.29) is 0 Å². The zero-order valence-corrected chi connectivity index (χ0v) is 10.8. The summed E-state index contributed by atoms with van der Waals surface area (Å²) in [6.45, 7) is 0. The fraction of sp³-hybridized carbons (Fsp3) is 0. The van der Waals surface area contributed by atoms with Gasteiger partial charge in [0.05, 0.1) is 15.7 Å². The number of anilines is 1. The normalized spacial score (nSPS) is 10.3. The summed E-state index contributed by atoms with van der Waals surface area (Å²) in [7, 11) is 0. The zero-order valence-electron chi connectivity index (χ0n) is 9.25. The third-order valence-electron chi connectivity index (χ3n) is 2.30. The van der Waals surface area contributed by atoms with Crippen LogP contribution >= 0.6 is 15.9 Å². The first-order valence-corrected chi connectivity index (χ1v) is 5.84. The number of pyridine rings is 1. The topological polar surface area (TPSA) is 42.0 Å². The fourth-order valence-electron chi connectivity index (χ4n) is 1.37. The van der Waals surface area contributed by atoms with Crippen molar-refractivity contribution < 1.29 is 18.0 Å². The van der Waals surface area contributed by atoms with Gasteiger partial charge in [-0.15, -0.1) is 0 Å². The number of aromatic nitrogens is 1. The molecule has 1 aromatic carbocycles. The average Bonchev–Trinajstić information content (AvgIpc) is 2.39. The highest BCUT2D eigenvalue weighted by Crippen LogP contribution is 2.22. The molecule has 2 rings (SSSR count). The Hall–Kier alpha value is -1.89. The number of nitrogens with one attached hydrogen (secondary N) is 1. The van der Waals surface area contributed by atoms with Gasteiger partial charge in [-0.1, -0.05) is 0 Å². The van der Waals surface area contributed by atoms with Crippen LogP contribution in [0.3, 0.4) is 0 Å². The van der Waals surface area contributed by atoms with Gasteiger partial charge in [-0.2, -0.15) is 0 Å². The molecule has 19 heavy (non-hydrogen) atoms. The first-order chi connectivity index (χ1) is 9.00. The molecule has 1 N–H and O–H groups in total. The molecule has 98 valence electrons. The van der Waals surface area contributed by atoms with E-state index in [0.717, 1.165) is 6.07 Å². The Labute approximate surface area is 114 Å². The second-order valence-electron chi connectivity index (χ2n) is 3.53. The maximum atomic E-state index is 13.4. The van der Waals surface area contributed by atoms with E-state index in [1.807, 2.05) is 0 Å². The zero-order chi connectivity index (χ0) is 14.0. The van der Waals surface area contributed by atoms with E-state index in [1.54, 1.807) is 0 Å². The summed E-state index contributed by atoms with van der Waals surface area (Å²) in [6.07, 6.45) is 2.85. The molecular formula is C12H6BrF3N2O. The molecule has 0 saturated heterocycles. The quantitative estimate of drug-likeness (QED) is 0.856. The highest BCUT2D eigenvalue weighted by Gasteiger charge is 2.19. The van der Waals surface area contributed by atoms with Gasteiger partial charge in [-0.05, 0) is 34.1 Å². The van der Waals surface area contributed by atoms with Crippen LogP contribution in [0.25, 0.3) is 0 Å². The van der Waals surface area contributed by atoms with Gasteiger partial charge in [0.1, 0.15) is 0 Å². The van der Waals surface area contributed by atoms with E-state index in [9.17, 15) is 18.0 Å². The molecule has 0 aliphatic rings. The number of nitrogens with zero attached hydrogens (tertiary/aromatic N) is 1. The van der Waals surface area contributed by atoms with Gasteiger partial charge in [0.15, 0.2) is 17.5 Å². The van der Waals surface area contributed by atoms with E-state index in [0.29, 0.717) is 16.2 Å². The molecule has 1 aromatic heterocycles. The van der Waals surface area contributed by atoms with E-state index in [1.165, 1.54) is 18.5 Å². The number of halogens is 4. The summed E-state index contributed by atoms with van der Waals surface area (Å²) in [5.74, 6) is -5.44. The van der Waals surface area contributed by atoms with Gasteiger partial charge in [0.2, 0.25) is 0 Å². The summed E-state index contributed by atoms with van der Waals surface area (Å²) in [5, 5.41) is 2.36. The van der Waals surface area contributed by atoms with E-state index < -0.39 is 28.9 Å². The molecule has 0 aliphatic carbocycles. The predicted octanol–water partition coefficient (Wildman–Crippen LogP) is 3.51. The van der Waals surface area contributed by atoms with Gasteiger partial charge in [0.25, 0.3) is 5.91 Å². The Bertz CT molecular complexity index is 649. The van der Waals surface area contributed by atoms with Crippen molar-refractivity contribution >= 4 is 27.5 Å². The van der Waals surface area contributed by atoms with E-state index in [4.69, 9.17) is 0 Å². The minimum absolute atomic E-state index is 0.337. The van der Waals surface area contributed by atoms with E-state index >= 15 is 0 Å². The van der Waals surface area contributed by atoms with Crippen molar-refractivity contribution in [2.45, 2.75) is 0 Å². The number of hydrogen-bond acceptors (Lipinski definition) is 2. The van der Waals surface area contributed by atoms with Crippen LogP contribution in [0, 0.1) is 17.5 Å². The molecule has 1 amide bonds. The molecule has 0 aliphatic heterocycles.